The average molecular weight is 411 g/mol. The molecule has 2 rings (SSSR count). The summed E-state index contributed by atoms with van der Waals surface area (Å²) < 4.78 is 47.0. The maximum atomic E-state index is 11.8. The Labute approximate surface area is 155 Å². The Morgan fingerprint density at radius 3 is 2.37 bits per heavy atom. The Morgan fingerprint density at radius 1 is 1.30 bits per heavy atom. The van der Waals surface area contributed by atoms with Crippen molar-refractivity contribution in [1.29, 1.82) is 0 Å². The zero-order valence-corrected chi connectivity index (χ0v) is 15.6. The van der Waals surface area contributed by atoms with E-state index in [1.165, 1.54) is 0 Å². The molecule has 2 aliphatic heterocycles. The van der Waals surface area contributed by atoms with Gasteiger partial charge < -0.3 is 24.2 Å². The van der Waals surface area contributed by atoms with Gasteiger partial charge in [-0.25, -0.2) is 4.79 Å². The summed E-state index contributed by atoms with van der Waals surface area (Å²) in [6, 6.07) is 0. The molecule has 0 saturated carbocycles. The SMILES string of the molecule is CC1(C)OCC(CO)(COCC(=O)ON2C(=O)CC(S(=O)(=O)O)C2=O)CO1. The van der Waals surface area contributed by atoms with Crippen molar-refractivity contribution in [2.45, 2.75) is 31.3 Å². The number of rotatable bonds is 7. The van der Waals surface area contributed by atoms with Gasteiger partial charge in [-0.2, -0.15) is 8.42 Å². The standard InChI is InChI=1S/C14H21NO11S/c1-13(2)24-7-14(5-16,8-25-13)6-23-4-11(18)26-15-10(17)3-9(12(15)19)27(20,21)22/h9,16H,3-8H2,1-2H3,(H,20,21,22). The normalized spacial score (nSPS) is 24.9. The first kappa shape index (κ1) is 21.7. The van der Waals surface area contributed by atoms with Crippen molar-refractivity contribution in [3.63, 3.8) is 0 Å². The first-order chi connectivity index (χ1) is 12.4. The van der Waals surface area contributed by atoms with Crippen molar-refractivity contribution in [1.82, 2.24) is 5.06 Å². The summed E-state index contributed by atoms with van der Waals surface area (Å²) in [4.78, 5) is 39.6. The Balaban J connectivity index is 1.84. The molecule has 0 radical (unpaired) electrons. The largest absolute Gasteiger partial charge is 0.396 e. The van der Waals surface area contributed by atoms with Gasteiger partial charge >= 0.3 is 5.97 Å². The van der Waals surface area contributed by atoms with E-state index in [9.17, 15) is 27.9 Å². The Kier molecular flexibility index (Phi) is 6.23. The number of hydroxylamine groups is 2. The predicted octanol–water partition coefficient (Wildman–Crippen LogP) is -1.76. The van der Waals surface area contributed by atoms with Gasteiger partial charge in [0, 0.05) is 0 Å². The monoisotopic (exact) mass is 411 g/mol. The predicted molar refractivity (Wildman–Crippen MR) is 84.2 cm³/mol. The molecule has 0 aromatic rings. The summed E-state index contributed by atoms with van der Waals surface area (Å²) in [5.41, 5.74) is -0.898. The number of amides is 2. The van der Waals surface area contributed by atoms with Crippen LogP contribution in [-0.4, -0.2) is 85.0 Å². The van der Waals surface area contributed by atoms with Crippen LogP contribution in [0.4, 0.5) is 0 Å². The number of carbonyl (C=O) groups excluding carboxylic acids is 3. The van der Waals surface area contributed by atoms with E-state index < -0.39 is 57.4 Å². The maximum Gasteiger partial charge on any atom is 0.358 e. The van der Waals surface area contributed by atoms with Crippen LogP contribution in [0.15, 0.2) is 0 Å². The van der Waals surface area contributed by atoms with Crippen LogP contribution < -0.4 is 0 Å². The van der Waals surface area contributed by atoms with Crippen LogP contribution in [0.25, 0.3) is 0 Å². The molecule has 12 nitrogen and oxygen atoms in total. The zero-order chi connectivity index (χ0) is 20.5. The van der Waals surface area contributed by atoms with E-state index in [0.29, 0.717) is 0 Å². The second-order valence-electron chi connectivity index (χ2n) is 6.83. The highest BCUT2D eigenvalue weighted by Crippen LogP contribution is 2.29. The number of hydrogen-bond acceptors (Lipinski definition) is 10. The summed E-state index contributed by atoms with van der Waals surface area (Å²) in [6.45, 7) is 2.49. The molecule has 0 bridgehead atoms. The van der Waals surface area contributed by atoms with Crippen molar-refractivity contribution in [3.8, 4) is 0 Å². The van der Waals surface area contributed by atoms with Gasteiger partial charge in [-0.15, -0.1) is 5.06 Å². The molecule has 13 heteroatoms. The highest BCUT2D eigenvalue weighted by molar-refractivity contribution is 7.87. The Hall–Kier alpha value is -1.64. The van der Waals surface area contributed by atoms with Gasteiger partial charge in [0.05, 0.1) is 38.3 Å². The van der Waals surface area contributed by atoms with Gasteiger partial charge in [0.1, 0.15) is 6.61 Å². The molecule has 0 aromatic heterocycles. The highest BCUT2D eigenvalue weighted by Gasteiger charge is 2.48. The molecule has 2 amide bonds. The fraction of sp³-hybridized carbons (Fsp3) is 0.786. The third kappa shape index (κ3) is 5.21. The second kappa shape index (κ2) is 7.77. The van der Waals surface area contributed by atoms with Crippen LogP contribution >= 0.6 is 0 Å². The van der Waals surface area contributed by atoms with Crippen LogP contribution in [0, 0.1) is 5.41 Å². The summed E-state index contributed by atoms with van der Waals surface area (Å²) >= 11 is 0. The average Bonchev–Trinajstić information content (AvgIpc) is 2.85. The number of carbonyl (C=O) groups is 3. The summed E-state index contributed by atoms with van der Waals surface area (Å²) in [5.74, 6) is -4.39. The van der Waals surface area contributed by atoms with Crippen molar-refractivity contribution in [3.05, 3.63) is 0 Å². The summed E-state index contributed by atoms with van der Waals surface area (Å²) in [5, 5.41) is 7.53. The summed E-state index contributed by atoms with van der Waals surface area (Å²) in [7, 11) is -4.80. The van der Waals surface area contributed by atoms with E-state index in [0.717, 1.165) is 0 Å². The summed E-state index contributed by atoms with van der Waals surface area (Å²) in [6.07, 6.45) is -0.829. The van der Waals surface area contributed by atoms with Crippen molar-refractivity contribution in [2.24, 2.45) is 5.41 Å². The first-order valence-corrected chi connectivity index (χ1v) is 9.40. The van der Waals surface area contributed by atoms with Crippen molar-refractivity contribution >= 4 is 27.9 Å². The van der Waals surface area contributed by atoms with Gasteiger partial charge in [-0.3, -0.25) is 14.1 Å². The van der Waals surface area contributed by atoms with Gasteiger partial charge in [-0.1, -0.05) is 0 Å². The fourth-order valence-corrected chi connectivity index (χ4v) is 3.05. The smallest absolute Gasteiger partial charge is 0.358 e. The molecule has 1 atom stereocenters. The van der Waals surface area contributed by atoms with Crippen LogP contribution in [0.2, 0.25) is 0 Å². The Bertz CT molecular complexity index is 707. The molecule has 0 spiro atoms. The van der Waals surface area contributed by atoms with Crippen LogP contribution in [0.5, 0.6) is 0 Å². The quantitative estimate of drug-likeness (QED) is 0.360. The molecule has 1 unspecified atom stereocenters. The number of aliphatic hydroxyl groups excluding tert-OH is 1. The molecule has 0 aromatic carbocycles. The lowest BCUT2D eigenvalue weighted by molar-refractivity contribution is -0.296. The molecule has 2 N–H and O–H groups in total. The van der Waals surface area contributed by atoms with Gasteiger partial charge in [0.25, 0.3) is 21.9 Å². The molecule has 2 fully saturated rings. The molecule has 0 aliphatic carbocycles. The van der Waals surface area contributed by atoms with Crippen LogP contribution in [0.3, 0.4) is 0 Å². The zero-order valence-electron chi connectivity index (χ0n) is 14.7. The van der Waals surface area contributed by atoms with Crippen LogP contribution in [0.1, 0.15) is 20.3 Å². The van der Waals surface area contributed by atoms with Crippen molar-refractivity contribution < 1.29 is 51.5 Å². The van der Waals surface area contributed by atoms with Gasteiger partial charge in [0.15, 0.2) is 11.0 Å². The van der Waals surface area contributed by atoms with Crippen LogP contribution in [-0.2, 0) is 43.5 Å². The second-order valence-corrected chi connectivity index (χ2v) is 8.42. The lowest BCUT2D eigenvalue weighted by Gasteiger charge is -2.42. The van der Waals surface area contributed by atoms with Gasteiger partial charge in [0.2, 0.25) is 0 Å². The first-order valence-electron chi connectivity index (χ1n) is 7.90. The molecular formula is C14H21NO11S. The van der Waals surface area contributed by atoms with Gasteiger partial charge in [-0.05, 0) is 13.8 Å². The third-order valence-electron chi connectivity index (χ3n) is 4.03. The fourth-order valence-electron chi connectivity index (χ4n) is 2.35. The minimum Gasteiger partial charge on any atom is -0.396 e. The third-order valence-corrected chi connectivity index (χ3v) is 5.12. The van der Waals surface area contributed by atoms with E-state index in [1.807, 2.05) is 0 Å². The molecule has 2 aliphatic rings. The lowest BCUT2D eigenvalue weighted by Crippen LogP contribution is -2.51. The number of ether oxygens (including phenoxy) is 3. The highest BCUT2D eigenvalue weighted by atomic mass is 32.2. The minimum atomic E-state index is -4.80. The Morgan fingerprint density at radius 2 is 1.89 bits per heavy atom. The molecule has 27 heavy (non-hydrogen) atoms. The molecular weight excluding hydrogens is 390 g/mol. The van der Waals surface area contributed by atoms with E-state index in [4.69, 9.17) is 18.8 Å². The number of hydrogen-bond donors (Lipinski definition) is 2. The number of nitrogens with zero attached hydrogens (tertiary/aromatic N) is 1. The van der Waals surface area contributed by atoms with E-state index >= 15 is 0 Å². The van der Waals surface area contributed by atoms with E-state index in [2.05, 4.69) is 4.84 Å². The lowest BCUT2D eigenvalue weighted by atomic mass is 9.91. The molecule has 2 heterocycles. The van der Waals surface area contributed by atoms with Crippen molar-refractivity contribution in [2.75, 3.05) is 33.0 Å². The topological polar surface area (TPSA) is 166 Å². The number of aliphatic hydroxyl groups is 1. The number of imide groups is 1. The molecule has 2 saturated heterocycles. The maximum absolute atomic E-state index is 11.8. The van der Waals surface area contributed by atoms with E-state index in [-0.39, 0.29) is 31.5 Å². The molecule has 154 valence electrons. The van der Waals surface area contributed by atoms with E-state index in [1.54, 1.807) is 13.8 Å². The minimum absolute atomic E-state index is 0.0126.